The Morgan fingerprint density at radius 1 is 0.478 bits per heavy atom. The first-order valence-corrected chi connectivity index (χ1v) is 32.0. The molecule has 1 aliphatic heterocycles. The molecule has 0 unspecified atom stereocenters. The number of benzene rings is 9. The maximum absolute atomic E-state index is 8.03. The molecule has 0 saturated heterocycles. The molecule has 7 nitrogen and oxygen atoms in total. The lowest BCUT2D eigenvalue weighted by Crippen LogP contribution is -2.25. The summed E-state index contributed by atoms with van der Waals surface area (Å²) in [7, 11) is 0. The highest BCUT2D eigenvalue weighted by molar-refractivity contribution is 6.24. The molecule has 452 valence electrons. The second kappa shape index (κ2) is 22.0. The van der Waals surface area contributed by atoms with E-state index in [4.69, 9.17) is 20.7 Å². The minimum absolute atomic E-state index is 0.00329. The number of furan rings is 1. The van der Waals surface area contributed by atoms with Crippen molar-refractivity contribution in [3.8, 4) is 50.7 Å². The Hall–Kier alpha value is -9.38. The van der Waals surface area contributed by atoms with Gasteiger partial charge in [-0.2, -0.15) is 0 Å². The topological polar surface area (TPSA) is 51.0 Å². The first-order chi connectivity index (χ1) is 42.7. The van der Waals surface area contributed by atoms with Crippen LogP contribution in [0.3, 0.4) is 0 Å². The van der Waals surface area contributed by atoms with E-state index in [0.717, 1.165) is 72.4 Å². The molecule has 0 fully saturated rings. The number of rotatable bonds is 10. The highest BCUT2D eigenvalue weighted by Crippen LogP contribution is 2.53. The van der Waals surface area contributed by atoms with Gasteiger partial charge in [0.1, 0.15) is 35.2 Å². The Bertz CT molecular complexity index is 4720. The minimum Gasteiger partial charge on any atom is -0.466 e. The van der Waals surface area contributed by atoms with Crippen LogP contribution in [0.4, 0.5) is 28.4 Å². The van der Waals surface area contributed by atoms with E-state index in [1.807, 2.05) is 24.4 Å². The fourth-order valence-electron chi connectivity index (χ4n) is 13.4. The van der Waals surface area contributed by atoms with Crippen molar-refractivity contribution >= 4 is 72.2 Å². The predicted molar refractivity (Wildman–Crippen MR) is 380 cm³/mol. The fraction of sp³-hybridized carbons (Fsp3) is 0.277. The van der Waals surface area contributed by atoms with Gasteiger partial charge in [0.15, 0.2) is 0 Å². The van der Waals surface area contributed by atoms with Gasteiger partial charge < -0.3 is 19.0 Å². The van der Waals surface area contributed by atoms with Crippen molar-refractivity contribution in [3.05, 3.63) is 233 Å². The van der Waals surface area contributed by atoms with E-state index < -0.39 is 0 Å². The lowest BCUT2D eigenvalue weighted by atomic mass is 9.81. The first-order valence-electron chi connectivity index (χ1n) is 32.0. The van der Waals surface area contributed by atoms with Gasteiger partial charge in [-0.05, 0) is 162 Å². The van der Waals surface area contributed by atoms with E-state index >= 15 is 0 Å². The molecule has 9 aromatic carbocycles. The van der Waals surface area contributed by atoms with Crippen LogP contribution >= 0.6 is 0 Å². The summed E-state index contributed by atoms with van der Waals surface area (Å²) in [5.74, 6) is 2.73. The van der Waals surface area contributed by atoms with E-state index in [9.17, 15) is 0 Å². The number of anilines is 4. The van der Waals surface area contributed by atoms with Crippen LogP contribution in [0, 0.1) is 6.57 Å². The van der Waals surface area contributed by atoms with E-state index in [2.05, 4.69) is 294 Å². The summed E-state index contributed by atoms with van der Waals surface area (Å²) in [6.45, 7) is 45.2. The minimum atomic E-state index is -0.133. The third-order valence-corrected chi connectivity index (χ3v) is 18.5. The van der Waals surface area contributed by atoms with E-state index in [1.54, 1.807) is 0 Å². The van der Waals surface area contributed by atoms with Gasteiger partial charge in [0.05, 0.1) is 40.1 Å². The summed E-state index contributed by atoms with van der Waals surface area (Å²) >= 11 is 0. The number of pyridine rings is 1. The molecule has 3 aromatic heterocycles. The van der Waals surface area contributed by atoms with Gasteiger partial charge in [0.2, 0.25) is 5.69 Å². The lowest BCUT2D eigenvalue weighted by molar-refractivity contribution is 0.483. The van der Waals surface area contributed by atoms with Gasteiger partial charge in [-0.15, -0.1) is 0 Å². The van der Waals surface area contributed by atoms with E-state index in [0.29, 0.717) is 23.7 Å². The Morgan fingerprint density at radius 2 is 1.04 bits per heavy atom. The molecular weight excluding hydrogens is 1100 g/mol. The van der Waals surface area contributed by atoms with Crippen LogP contribution in [0.15, 0.2) is 193 Å². The van der Waals surface area contributed by atoms with Crippen LogP contribution < -0.4 is 14.5 Å². The van der Waals surface area contributed by atoms with Crippen LogP contribution in [-0.4, -0.2) is 16.2 Å². The SMILES string of the molecule is [C-]#[N+]c1cccc2c1oc1c2ccc2c1c1ccc(Oc3cc(-c4c(C(C)C)cccc4C(C)C)cc(N4CN(c5c(-c6ccc(C(C)(C)C)cc6)cc(C(C)(C)C)cc5-c5ccc(C(C)(C)C)cc5)c5ccccc54)c3)cc1n2-c1cc(C(C)(C)C)ccn1. The molecule has 0 spiro atoms. The Kier molecular flexibility index (Phi) is 14.6. The van der Waals surface area contributed by atoms with Gasteiger partial charge in [-0.3, -0.25) is 4.57 Å². The van der Waals surface area contributed by atoms with Gasteiger partial charge in [-0.25, -0.2) is 9.83 Å². The number of nitrogens with zero attached hydrogens (tertiary/aromatic N) is 5. The van der Waals surface area contributed by atoms with Crippen LogP contribution in [0.2, 0.25) is 0 Å². The molecule has 0 amide bonds. The summed E-state index contributed by atoms with van der Waals surface area (Å²) in [4.78, 5) is 14.0. The summed E-state index contributed by atoms with van der Waals surface area (Å²) in [6, 6.07) is 67.0. The quantitative estimate of drug-likeness (QED) is 0.128. The zero-order valence-corrected chi connectivity index (χ0v) is 55.3. The second-order valence-corrected chi connectivity index (χ2v) is 29.6. The Balaban J connectivity index is 1.02. The van der Waals surface area contributed by atoms with Crippen molar-refractivity contribution in [1.29, 1.82) is 0 Å². The molecule has 90 heavy (non-hydrogen) atoms. The fourth-order valence-corrected chi connectivity index (χ4v) is 13.4. The van der Waals surface area contributed by atoms with Crippen molar-refractivity contribution in [1.82, 2.24) is 9.55 Å². The molecule has 12 aromatic rings. The van der Waals surface area contributed by atoms with Crippen molar-refractivity contribution in [2.45, 2.75) is 144 Å². The molecule has 7 heteroatoms. The summed E-state index contributed by atoms with van der Waals surface area (Å²) in [5, 5.41) is 3.84. The number of aromatic nitrogens is 2. The normalized spacial score (nSPS) is 13.2. The molecule has 0 atom stereocenters. The molecular formula is C83H83N5O2. The Labute approximate surface area is 532 Å². The van der Waals surface area contributed by atoms with Crippen LogP contribution in [0.1, 0.15) is 156 Å². The largest absolute Gasteiger partial charge is 0.466 e. The van der Waals surface area contributed by atoms with Crippen molar-refractivity contribution in [2.75, 3.05) is 16.5 Å². The smallest absolute Gasteiger partial charge is 0.229 e. The summed E-state index contributed by atoms with van der Waals surface area (Å²) in [5.41, 5.74) is 22.7. The summed E-state index contributed by atoms with van der Waals surface area (Å²) in [6.07, 6.45) is 1.91. The standard InChI is InChI=1S/C83H83N5O2/c1-50(2)62-22-20-23-63(51(3)4)75(62)54-42-59(47-61(43-54)89-60-36-37-66-73(48-60)88(74-46-57(40-41-85-74)82(11,12)13)72-39-38-65-64-24-21-25-69(84-17)78(64)90-79(65)76(66)72)86-49-87(71-27-19-18-26-70(71)86)77-67(52-28-32-55(33-29-52)80(5,6)7)44-58(83(14,15)16)45-68(77)53-30-34-56(35-31-53)81(8,9)10/h18-48,50-51H,49H2,1-16H3. The maximum Gasteiger partial charge on any atom is 0.229 e. The number of hydrogen-bond acceptors (Lipinski definition) is 5. The third-order valence-electron chi connectivity index (χ3n) is 18.5. The monoisotopic (exact) mass is 1180 g/mol. The van der Waals surface area contributed by atoms with Crippen molar-refractivity contribution in [2.24, 2.45) is 0 Å². The van der Waals surface area contributed by atoms with Gasteiger partial charge >= 0.3 is 0 Å². The van der Waals surface area contributed by atoms with Gasteiger partial charge in [0.25, 0.3) is 0 Å². The number of hydrogen-bond donors (Lipinski definition) is 0. The highest BCUT2D eigenvalue weighted by atomic mass is 16.5. The van der Waals surface area contributed by atoms with Crippen LogP contribution in [0.5, 0.6) is 11.5 Å². The third kappa shape index (κ3) is 10.6. The highest BCUT2D eigenvalue weighted by Gasteiger charge is 2.34. The lowest BCUT2D eigenvalue weighted by Gasteiger charge is -2.31. The molecule has 1 aliphatic rings. The van der Waals surface area contributed by atoms with Crippen molar-refractivity contribution < 1.29 is 9.15 Å². The average molecular weight is 1180 g/mol. The zero-order valence-electron chi connectivity index (χ0n) is 55.3. The molecule has 0 bridgehead atoms. The number of fused-ring (bicyclic) bond motifs is 8. The molecule has 0 aliphatic carbocycles. The van der Waals surface area contributed by atoms with E-state index in [-0.39, 0.29) is 33.5 Å². The van der Waals surface area contributed by atoms with Gasteiger partial charge in [0, 0.05) is 51.3 Å². The predicted octanol–water partition coefficient (Wildman–Crippen LogP) is 24.1. The van der Waals surface area contributed by atoms with Gasteiger partial charge in [-0.1, -0.05) is 208 Å². The molecule has 0 radical (unpaired) electrons. The Morgan fingerprint density at radius 3 is 1.62 bits per heavy atom. The van der Waals surface area contributed by atoms with Crippen LogP contribution in [0.25, 0.3) is 87.8 Å². The molecule has 0 saturated carbocycles. The van der Waals surface area contributed by atoms with Crippen LogP contribution in [-0.2, 0) is 21.7 Å². The molecule has 4 heterocycles. The number of para-hydroxylation sites is 3. The molecule has 13 rings (SSSR count). The molecule has 0 N–H and O–H groups in total. The maximum atomic E-state index is 8.03. The van der Waals surface area contributed by atoms with Crippen molar-refractivity contribution in [3.63, 3.8) is 0 Å². The average Bonchev–Trinajstić information content (AvgIpc) is 1.55. The summed E-state index contributed by atoms with van der Waals surface area (Å²) < 4.78 is 16.5. The van der Waals surface area contributed by atoms with E-state index in [1.165, 1.54) is 66.9 Å². The zero-order chi connectivity index (χ0) is 63.5. The first kappa shape index (κ1) is 59.6. The number of ether oxygens (including phenoxy) is 1. The second-order valence-electron chi connectivity index (χ2n) is 29.6.